The molecule has 0 aliphatic carbocycles. The van der Waals surface area contributed by atoms with Crippen LogP contribution in [-0.4, -0.2) is 38.5 Å². The Hall–Kier alpha value is -2.69. The number of rotatable bonds is 3. The normalized spacial score (nSPS) is 17.8. The molecule has 1 unspecified atom stereocenters. The van der Waals surface area contributed by atoms with Gasteiger partial charge in [-0.05, 0) is 24.8 Å². The van der Waals surface area contributed by atoms with Gasteiger partial charge < -0.3 is 4.90 Å². The third kappa shape index (κ3) is 2.90. The molecule has 2 aromatic heterocycles. The Labute approximate surface area is 147 Å². The number of aromatic nitrogens is 3. The Morgan fingerprint density at radius 1 is 1.24 bits per heavy atom. The maximum absolute atomic E-state index is 13.0. The Balaban J connectivity index is 1.71. The van der Waals surface area contributed by atoms with Crippen LogP contribution in [0.15, 0.2) is 48.8 Å². The third-order valence-electron chi connectivity index (χ3n) is 5.08. The molecule has 3 heterocycles. The van der Waals surface area contributed by atoms with Gasteiger partial charge in [-0.15, -0.1) is 0 Å². The number of likely N-dealkylation sites (tertiary alicyclic amines) is 1. The number of carbonyl (C=O) groups excluding carboxylic acids is 1. The van der Waals surface area contributed by atoms with Gasteiger partial charge in [-0.3, -0.25) is 4.79 Å². The van der Waals surface area contributed by atoms with Crippen LogP contribution in [0.4, 0.5) is 0 Å². The number of benzene rings is 1. The zero-order valence-electron chi connectivity index (χ0n) is 14.4. The maximum atomic E-state index is 13.0. The summed E-state index contributed by atoms with van der Waals surface area (Å²) >= 11 is 0. The molecule has 3 aromatic rings. The number of nitrogens with zero attached hydrogens (tertiary/aromatic N) is 4. The van der Waals surface area contributed by atoms with Gasteiger partial charge >= 0.3 is 0 Å². The summed E-state index contributed by atoms with van der Waals surface area (Å²) in [7, 11) is 0. The zero-order chi connectivity index (χ0) is 17.2. The average molecular weight is 334 g/mol. The number of hydrogen-bond donors (Lipinski definition) is 0. The van der Waals surface area contributed by atoms with Gasteiger partial charge in [-0.25, -0.2) is 9.50 Å². The second-order valence-corrected chi connectivity index (χ2v) is 6.66. The van der Waals surface area contributed by atoms with Crippen molar-refractivity contribution in [3.8, 4) is 11.3 Å². The lowest BCUT2D eigenvalue weighted by atomic mass is 9.95. The standard InChI is InChI=1S/C20H22N4O/c1-2-15-7-6-12-23(14-15)20(25)17-13-22-24-18(10-11-21-19(17)24)16-8-4-3-5-9-16/h3-5,8-11,13,15H,2,6-7,12,14H2,1H3. The van der Waals surface area contributed by atoms with E-state index in [4.69, 9.17) is 0 Å². The zero-order valence-corrected chi connectivity index (χ0v) is 14.4. The highest BCUT2D eigenvalue weighted by molar-refractivity contribution is 6.00. The van der Waals surface area contributed by atoms with E-state index in [1.165, 1.54) is 6.42 Å². The highest BCUT2D eigenvalue weighted by Crippen LogP contribution is 2.24. The molecule has 5 heteroatoms. The molecule has 128 valence electrons. The van der Waals surface area contributed by atoms with Crippen LogP contribution in [0.2, 0.25) is 0 Å². The van der Waals surface area contributed by atoms with Crippen LogP contribution in [0, 0.1) is 5.92 Å². The molecule has 1 atom stereocenters. The van der Waals surface area contributed by atoms with Crippen molar-refractivity contribution in [2.75, 3.05) is 13.1 Å². The van der Waals surface area contributed by atoms with Crippen molar-refractivity contribution in [2.45, 2.75) is 26.2 Å². The van der Waals surface area contributed by atoms with Crippen molar-refractivity contribution in [1.82, 2.24) is 19.5 Å². The number of hydrogen-bond acceptors (Lipinski definition) is 3. The number of amides is 1. The van der Waals surface area contributed by atoms with Gasteiger partial charge in [0.2, 0.25) is 0 Å². The monoisotopic (exact) mass is 334 g/mol. The van der Waals surface area contributed by atoms with E-state index in [1.807, 2.05) is 41.3 Å². The fraction of sp³-hybridized carbons (Fsp3) is 0.350. The predicted molar refractivity (Wildman–Crippen MR) is 97.3 cm³/mol. The largest absolute Gasteiger partial charge is 0.338 e. The number of fused-ring (bicyclic) bond motifs is 1. The van der Waals surface area contributed by atoms with E-state index < -0.39 is 0 Å². The fourth-order valence-electron chi connectivity index (χ4n) is 3.62. The lowest BCUT2D eigenvalue weighted by molar-refractivity contribution is 0.0673. The minimum absolute atomic E-state index is 0.0471. The Kier molecular flexibility index (Phi) is 4.22. The second-order valence-electron chi connectivity index (χ2n) is 6.66. The van der Waals surface area contributed by atoms with E-state index in [9.17, 15) is 4.79 Å². The topological polar surface area (TPSA) is 50.5 Å². The van der Waals surface area contributed by atoms with Gasteiger partial charge in [0.25, 0.3) is 5.91 Å². The molecular weight excluding hydrogens is 312 g/mol. The van der Waals surface area contributed by atoms with Gasteiger partial charge in [0, 0.05) is 24.8 Å². The van der Waals surface area contributed by atoms with Crippen molar-refractivity contribution in [3.05, 3.63) is 54.4 Å². The van der Waals surface area contributed by atoms with E-state index in [0.717, 1.165) is 37.2 Å². The van der Waals surface area contributed by atoms with Gasteiger partial charge in [0.1, 0.15) is 5.56 Å². The van der Waals surface area contributed by atoms with Crippen molar-refractivity contribution in [2.24, 2.45) is 5.92 Å². The molecule has 0 spiro atoms. The third-order valence-corrected chi connectivity index (χ3v) is 5.08. The van der Waals surface area contributed by atoms with Gasteiger partial charge in [-0.1, -0.05) is 43.7 Å². The van der Waals surface area contributed by atoms with Gasteiger partial charge in [0.05, 0.1) is 11.9 Å². The van der Waals surface area contributed by atoms with Crippen LogP contribution in [0.3, 0.4) is 0 Å². The van der Waals surface area contributed by atoms with Crippen molar-refractivity contribution in [1.29, 1.82) is 0 Å². The molecular formula is C20H22N4O. The van der Waals surface area contributed by atoms with Crippen LogP contribution < -0.4 is 0 Å². The first kappa shape index (κ1) is 15.8. The molecule has 4 rings (SSSR count). The lowest BCUT2D eigenvalue weighted by Gasteiger charge is -2.32. The maximum Gasteiger partial charge on any atom is 0.259 e. The van der Waals surface area contributed by atoms with Crippen LogP contribution >= 0.6 is 0 Å². The molecule has 0 radical (unpaired) electrons. The van der Waals surface area contributed by atoms with Crippen molar-refractivity contribution in [3.63, 3.8) is 0 Å². The van der Waals surface area contributed by atoms with Crippen molar-refractivity contribution < 1.29 is 4.79 Å². The van der Waals surface area contributed by atoms with Gasteiger partial charge in [0.15, 0.2) is 5.65 Å². The minimum atomic E-state index is 0.0471. The van der Waals surface area contributed by atoms with Crippen molar-refractivity contribution >= 4 is 11.6 Å². The molecule has 1 aliphatic rings. The van der Waals surface area contributed by atoms with Crippen LogP contribution in [0.25, 0.3) is 16.9 Å². The van der Waals surface area contributed by atoms with Crippen LogP contribution in [0.5, 0.6) is 0 Å². The highest BCUT2D eigenvalue weighted by Gasteiger charge is 2.26. The molecule has 5 nitrogen and oxygen atoms in total. The highest BCUT2D eigenvalue weighted by atomic mass is 16.2. The summed E-state index contributed by atoms with van der Waals surface area (Å²) in [6.07, 6.45) is 6.82. The minimum Gasteiger partial charge on any atom is -0.338 e. The molecule has 1 aliphatic heterocycles. The average Bonchev–Trinajstić information content (AvgIpc) is 3.12. The Morgan fingerprint density at radius 3 is 2.88 bits per heavy atom. The SMILES string of the molecule is CCC1CCCN(C(=O)c2cnn3c(-c4ccccc4)ccnc23)C1. The quantitative estimate of drug-likeness (QED) is 0.734. The van der Waals surface area contributed by atoms with E-state index in [-0.39, 0.29) is 5.91 Å². The summed E-state index contributed by atoms with van der Waals surface area (Å²) in [4.78, 5) is 19.4. The van der Waals surface area contributed by atoms with E-state index in [1.54, 1.807) is 16.9 Å². The molecule has 1 fully saturated rings. The molecule has 0 saturated carbocycles. The summed E-state index contributed by atoms with van der Waals surface area (Å²) in [5.41, 5.74) is 3.22. The molecule has 1 amide bonds. The van der Waals surface area contributed by atoms with Crippen LogP contribution in [-0.2, 0) is 0 Å². The first-order valence-corrected chi connectivity index (χ1v) is 8.95. The Bertz CT molecular complexity index is 887. The first-order valence-electron chi connectivity index (χ1n) is 8.95. The van der Waals surface area contributed by atoms with Crippen LogP contribution in [0.1, 0.15) is 36.5 Å². The predicted octanol–water partition coefficient (Wildman–Crippen LogP) is 3.66. The summed E-state index contributed by atoms with van der Waals surface area (Å²) in [6.45, 7) is 3.86. The first-order chi connectivity index (χ1) is 12.3. The number of piperidine rings is 1. The molecule has 1 aromatic carbocycles. The molecule has 0 bridgehead atoms. The van der Waals surface area contributed by atoms with E-state index in [2.05, 4.69) is 17.0 Å². The summed E-state index contributed by atoms with van der Waals surface area (Å²) in [5, 5.41) is 4.46. The lowest BCUT2D eigenvalue weighted by Crippen LogP contribution is -2.39. The Morgan fingerprint density at radius 2 is 2.08 bits per heavy atom. The summed E-state index contributed by atoms with van der Waals surface area (Å²) in [5.74, 6) is 0.651. The number of carbonyl (C=O) groups is 1. The summed E-state index contributed by atoms with van der Waals surface area (Å²) in [6, 6.07) is 12.0. The van der Waals surface area contributed by atoms with E-state index >= 15 is 0 Å². The molecule has 1 saturated heterocycles. The second kappa shape index (κ2) is 6.67. The smallest absolute Gasteiger partial charge is 0.259 e. The molecule has 25 heavy (non-hydrogen) atoms. The van der Waals surface area contributed by atoms with Gasteiger partial charge in [-0.2, -0.15) is 5.10 Å². The van der Waals surface area contributed by atoms with E-state index in [0.29, 0.717) is 17.1 Å². The molecule has 0 N–H and O–H groups in total. The summed E-state index contributed by atoms with van der Waals surface area (Å²) < 4.78 is 1.77. The fourth-order valence-corrected chi connectivity index (χ4v) is 3.62.